The molecule has 0 heterocycles. The number of carbonyl (C=O) groups is 2. The molecule has 1 aromatic rings. The second-order valence-electron chi connectivity index (χ2n) is 7.75. The fourth-order valence-electron chi connectivity index (χ4n) is 3.94. The standard InChI is InChI=1S/C22H35N3O2/c1-5-25(6-2)21(26)15-23-20-9-7-18(8-10-20)14-24-22(27)19-12-16(3)11-17(4)13-19/h11-13,18,20,23H,5-10,14-15H2,1-4H3,(H,24,27). The topological polar surface area (TPSA) is 61.4 Å². The smallest absolute Gasteiger partial charge is 0.251 e. The van der Waals surface area contributed by atoms with Crippen LogP contribution >= 0.6 is 0 Å². The Kier molecular flexibility index (Phi) is 8.29. The molecule has 0 radical (unpaired) electrons. The van der Waals surface area contributed by atoms with E-state index < -0.39 is 0 Å². The average Bonchev–Trinajstić information content (AvgIpc) is 2.65. The zero-order valence-corrected chi connectivity index (χ0v) is 17.3. The normalized spacial score (nSPS) is 19.6. The summed E-state index contributed by atoms with van der Waals surface area (Å²) in [6.45, 7) is 10.8. The number of aryl methyl sites for hydroxylation is 2. The van der Waals surface area contributed by atoms with Crippen molar-refractivity contribution in [1.82, 2.24) is 15.5 Å². The maximum atomic E-state index is 12.4. The van der Waals surface area contributed by atoms with E-state index in [4.69, 9.17) is 0 Å². The van der Waals surface area contributed by atoms with Crippen molar-refractivity contribution in [2.75, 3.05) is 26.2 Å². The number of hydrogen-bond donors (Lipinski definition) is 2. The van der Waals surface area contributed by atoms with Crippen LogP contribution in [-0.2, 0) is 4.79 Å². The van der Waals surface area contributed by atoms with E-state index in [9.17, 15) is 9.59 Å². The summed E-state index contributed by atoms with van der Waals surface area (Å²) in [5.74, 6) is 0.728. The molecular formula is C22H35N3O2. The monoisotopic (exact) mass is 373 g/mol. The van der Waals surface area contributed by atoms with Crippen LogP contribution in [0.2, 0.25) is 0 Å². The molecule has 2 amide bonds. The molecule has 5 nitrogen and oxygen atoms in total. The molecule has 0 unspecified atom stereocenters. The molecule has 0 atom stereocenters. The van der Waals surface area contributed by atoms with Gasteiger partial charge < -0.3 is 15.5 Å². The van der Waals surface area contributed by atoms with Gasteiger partial charge in [-0.25, -0.2) is 0 Å². The van der Waals surface area contributed by atoms with Gasteiger partial charge in [-0.2, -0.15) is 0 Å². The van der Waals surface area contributed by atoms with Gasteiger partial charge in [-0.1, -0.05) is 17.2 Å². The lowest BCUT2D eigenvalue weighted by Crippen LogP contribution is -2.43. The van der Waals surface area contributed by atoms with Crippen molar-refractivity contribution < 1.29 is 9.59 Å². The number of carbonyl (C=O) groups excluding carboxylic acids is 2. The van der Waals surface area contributed by atoms with Crippen LogP contribution < -0.4 is 10.6 Å². The third-order valence-corrected chi connectivity index (χ3v) is 5.54. The van der Waals surface area contributed by atoms with E-state index in [2.05, 4.69) is 16.7 Å². The first-order chi connectivity index (χ1) is 12.9. The molecule has 0 bridgehead atoms. The van der Waals surface area contributed by atoms with Crippen molar-refractivity contribution in [3.8, 4) is 0 Å². The Bertz CT molecular complexity index is 612. The summed E-state index contributed by atoms with van der Waals surface area (Å²) >= 11 is 0. The summed E-state index contributed by atoms with van der Waals surface area (Å²) in [7, 11) is 0. The molecule has 0 spiro atoms. The lowest BCUT2D eigenvalue weighted by molar-refractivity contribution is -0.130. The van der Waals surface area contributed by atoms with Crippen molar-refractivity contribution >= 4 is 11.8 Å². The van der Waals surface area contributed by atoms with Crippen molar-refractivity contribution in [3.63, 3.8) is 0 Å². The Balaban J connectivity index is 1.70. The van der Waals surface area contributed by atoms with Crippen molar-refractivity contribution in [2.45, 2.75) is 59.4 Å². The Hall–Kier alpha value is -1.88. The molecule has 0 aliphatic heterocycles. The predicted molar refractivity (Wildman–Crippen MR) is 110 cm³/mol. The summed E-state index contributed by atoms with van der Waals surface area (Å²) < 4.78 is 0. The lowest BCUT2D eigenvalue weighted by atomic mass is 9.86. The third-order valence-electron chi connectivity index (χ3n) is 5.54. The first kappa shape index (κ1) is 21.4. The van der Waals surface area contributed by atoms with Gasteiger partial charge in [-0.3, -0.25) is 9.59 Å². The second kappa shape index (κ2) is 10.5. The van der Waals surface area contributed by atoms with Crippen LogP contribution in [0.4, 0.5) is 0 Å². The Morgan fingerprint density at radius 3 is 2.15 bits per heavy atom. The van der Waals surface area contributed by atoms with Gasteiger partial charge in [0.25, 0.3) is 5.91 Å². The largest absolute Gasteiger partial charge is 0.352 e. The Morgan fingerprint density at radius 2 is 1.59 bits per heavy atom. The van der Waals surface area contributed by atoms with Crippen LogP contribution in [0.15, 0.2) is 18.2 Å². The van der Waals surface area contributed by atoms with Crippen LogP contribution in [0, 0.1) is 19.8 Å². The van der Waals surface area contributed by atoms with E-state index >= 15 is 0 Å². The molecule has 1 saturated carbocycles. The van der Waals surface area contributed by atoms with Crippen molar-refractivity contribution in [3.05, 3.63) is 34.9 Å². The number of amides is 2. The molecule has 5 heteroatoms. The number of likely N-dealkylation sites (N-methyl/N-ethyl adjacent to an activating group) is 1. The minimum atomic E-state index is 0.0202. The second-order valence-corrected chi connectivity index (χ2v) is 7.75. The highest BCUT2D eigenvalue weighted by atomic mass is 16.2. The van der Waals surface area contributed by atoms with Gasteiger partial charge in [0.2, 0.25) is 5.91 Å². The molecule has 1 fully saturated rings. The van der Waals surface area contributed by atoms with Gasteiger partial charge in [-0.15, -0.1) is 0 Å². The molecule has 27 heavy (non-hydrogen) atoms. The predicted octanol–water partition coefficient (Wildman–Crippen LogP) is 3.05. The first-order valence-electron chi connectivity index (χ1n) is 10.3. The number of hydrogen-bond acceptors (Lipinski definition) is 3. The summed E-state index contributed by atoms with van der Waals surface area (Å²) in [5.41, 5.74) is 2.98. The molecule has 2 N–H and O–H groups in total. The summed E-state index contributed by atoms with van der Waals surface area (Å²) in [6.07, 6.45) is 4.31. The molecule has 1 aliphatic rings. The minimum Gasteiger partial charge on any atom is -0.352 e. The zero-order valence-electron chi connectivity index (χ0n) is 17.3. The van der Waals surface area contributed by atoms with E-state index in [1.165, 1.54) is 0 Å². The van der Waals surface area contributed by atoms with Gasteiger partial charge in [0.05, 0.1) is 6.54 Å². The van der Waals surface area contributed by atoms with Crippen LogP contribution in [0.5, 0.6) is 0 Å². The van der Waals surface area contributed by atoms with Crippen LogP contribution in [0.25, 0.3) is 0 Å². The quantitative estimate of drug-likeness (QED) is 0.736. The van der Waals surface area contributed by atoms with E-state index in [0.717, 1.165) is 62.0 Å². The molecular weight excluding hydrogens is 338 g/mol. The molecule has 0 aromatic heterocycles. The fourth-order valence-corrected chi connectivity index (χ4v) is 3.94. The van der Waals surface area contributed by atoms with Gasteiger partial charge >= 0.3 is 0 Å². The van der Waals surface area contributed by atoms with E-state index in [1.54, 1.807) is 0 Å². The number of nitrogens with one attached hydrogen (secondary N) is 2. The van der Waals surface area contributed by atoms with E-state index in [-0.39, 0.29) is 11.8 Å². The van der Waals surface area contributed by atoms with Crippen molar-refractivity contribution in [2.24, 2.45) is 5.92 Å². The van der Waals surface area contributed by atoms with Crippen LogP contribution in [0.1, 0.15) is 61.0 Å². The number of benzene rings is 1. The van der Waals surface area contributed by atoms with E-state index in [1.807, 2.05) is 44.7 Å². The first-order valence-corrected chi connectivity index (χ1v) is 10.3. The molecule has 150 valence electrons. The molecule has 0 saturated heterocycles. The summed E-state index contributed by atoms with van der Waals surface area (Å²) in [4.78, 5) is 26.3. The fraction of sp³-hybridized carbons (Fsp3) is 0.636. The van der Waals surface area contributed by atoms with Gasteiger partial charge in [0.15, 0.2) is 0 Å². The number of nitrogens with zero attached hydrogens (tertiary/aromatic N) is 1. The summed E-state index contributed by atoms with van der Waals surface area (Å²) in [6, 6.07) is 6.37. The molecule has 1 aromatic carbocycles. The zero-order chi connectivity index (χ0) is 19.8. The number of rotatable bonds is 8. The minimum absolute atomic E-state index is 0.0202. The SMILES string of the molecule is CCN(CC)C(=O)CNC1CCC(CNC(=O)c2cc(C)cc(C)c2)CC1. The average molecular weight is 374 g/mol. The highest BCUT2D eigenvalue weighted by molar-refractivity contribution is 5.94. The maximum Gasteiger partial charge on any atom is 0.251 e. The van der Waals surface area contributed by atoms with Gasteiger partial charge in [0, 0.05) is 31.2 Å². The highest BCUT2D eigenvalue weighted by Gasteiger charge is 2.22. The Morgan fingerprint density at radius 1 is 1.00 bits per heavy atom. The molecule has 1 aliphatic carbocycles. The van der Waals surface area contributed by atoms with E-state index in [0.29, 0.717) is 18.5 Å². The summed E-state index contributed by atoms with van der Waals surface area (Å²) in [5, 5.41) is 6.51. The highest BCUT2D eigenvalue weighted by Crippen LogP contribution is 2.23. The maximum absolute atomic E-state index is 12.4. The lowest BCUT2D eigenvalue weighted by Gasteiger charge is -2.30. The van der Waals surface area contributed by atoms with Gasteiger partial charge in [-0.05, 0) is 71.4 Å². The third kappa shape index (κ3) is 6.65. The van der Waals surface area contributed by atoms with Crippen LogP contribution in [0.3, 0.4) is 0 Å². The van der Waals surface area contributed by atoms with Crippen molar-refractivity contribution in [1.29, 1.82) is 0 Å². The molecule has 2 rings (SSSR count). The Labute approximate surface area is 163 Å². The van der Waals surface area contributed by atoms with Gasteiger partial charge in [0.1, 0.15) is 0 Å². The van der Waals surface area contributed by atoms with Crippen LogP contribution in [-0.4, -0.2) is 48.9 Å².